The molecule has 22 heavy (non-hydrogen) atoms. The number of nitrogens with zero attached hydrogens (tertiary/aromatic N) is 2. The highest BCUT2D eigenvalue weighted by Crippen LogP contribution is 2.23. The Morgan fingerprint density at radius 1 is 1.50 bits per heavy atom. The first-order valence-corrected chi connectivity index (χ1v) is 8.54. The van der Waals surface area contributed by atoms with Crippen molar-refractivity contribution in [2.75, 3.05) is 18.4 Å². The summed E-state index contributed by atoms with van der Waals surface area (Å²) < 4.78 is 0.732. The van der Waals surface area contributed by atoms with Gasteiger partial charge in [-0.2, -0.15) is 5.26 Å². The first-order chi connectivity index (χ1) is 10.6. The topological polar surface area (TPSA) is 56.1 Å². The minimum Gasteiger partial charge on any atom is -0.315 e. The van der Waals surface area contributed by atoms with Gasteiger partial charge in [0.1, 0.15) is 11.1 Å². The lowest BCUT2D eigenvalue weighted by atomic mass is 10.3. The van der Waals surface area contributed by atoms with Gasteiger partial charge in [-0.15, -0.1) is 29.3 Å². The fraction of sp³-hybridized carbons (Fsp3) is 0.200. The van der Waals surface area contributed by atoms with Gasteiger partial charge in [-0.25, -0.2) is 0 Å². The predicted molar refractivity (Wildman–Crippen MR) is 92.5 cm³/mol. The van der Waals surface area contributed by atoms with Crippen LogP contribution in [-0.4, -0.2) is 23.9 Å². The van der Waals surface area contributed by atoms with Gasteiger partial charge in [0.25, 0.3) is 0 Å². The standard InChI is InChI=1S/C15H14ClN3OS2/c1-2-6-19(9-12-3-4-13(16)22-12)10-14(20)18-15-11(8-17)5-7-21-15/h2-5,7H,1,6,9-10H2,(H,18,20). The van der Waals surface area contributed by atoms with E-state index in [0.29, 0.717) is 23.7 Å². The summed E-state index contributed by atoms with van der Waals surface area (Å²) in [6.45, 7) is 5.17. The van der Waals surface area contributed by atoms with Crippen molar-refractivity contribution in [2.24, 2.45) is 0 Å². The summed E-state index contributed by atoms with van der Waals surface area (Å²) in [5.74, 6) is -0.150. The zero-order chi connectivity index (χ0) is 15.9. The fourth-order valence-corrected chi connectivity index (χ4v) is 3.77. The molecule has 0 aliphatic carbocycles. The molecule has 0 fully saturated rings. The highest BCUT2D eigenvalue weighted by Gasteiger charge is 2.13. The summed E-state index contributed by atoms with van der Waals surface area (Å²) in [5, 5.41) is 14.1. The molecule has 2 rings (SSSR count). The molecule has 0 saturated heterocycles. The quantitative estimate of drug-likeness (QED) is 0.768. The number of nitriles is 1. The van der Waals surface area contributed by atoms with Gasteiger partial charge in [-0.3, -0.25) is 9.69 Å². The smallest absolute Gasteiger partial charge is 0.239 e. The van der Waals surface area contributed by atoms with Crippen LogP contribution in [0, 0.1) is 11.3 Å². The van der Waals surface area contributed by atoms with Crippen molar-refractivity contribution in [3.63, 3.8) is 0 Å². The Morgan fingerprint density at radius 3 is 2.95 bits per heavy atom. The number of hydrogen-bond donors (Lipinski definition) is 1. The summed E-state index contributed by atoms with van der Waals surface area (Å²) in [5.41, 5.74) is 0.485. The molecule has 0 bridgehead atoms. The third-order valence-corrected chi connectivity index (χ3v) is 4.85. The van der Waals surface area contributed by atoms with Crippen LogP contribution in [0.1, 0.15) is 10.4 Å². The van der Waals surface area contributed by atoms with Gasteiger partial charge < -0.3 is 5.32 Å². The number of amides is 1. The van der Waals surface area contributed by atoms with Crippen LogP contribution in [0.2, 0.25) is 4.34 Å². The van der Waals surface area contributed by atoms with E-state index in [2.05, 4.69) is 18.0 Å². The normalized spacial score (nSPS) is 10.4. The summed E-state index contributed by atoms with van der Waals surface area (Å²) in [7, 11) is 0. The maximum Gasteiger partial charge on any atom is 0.239 e. The lowest BCUT2D eigenvalue weighted by molar-refractivity contribution is -0.117. The van der Waals surface area contributed by atoms with E-state index in [0.717, 1.165) is 9.21 Å². The van der Waals surface area contributed by atoms with Crippen LogP contribution in [0.25, 0.3) is 0 Å². The van der Waals surface area contributed by atoms with E-state index in [9.17, 15) is 4.79 Å². The van der Waals surface area contributed by atoms with Crippen molar-refractivity contribution < 1.29 is 4.79 Å². The molecular formula is C15H14ClN3OS2. The number of carbonyl (C=O) groups excluding carboxylic acids is 1. The Kier molecular flexibility index (Phi) is 6.16. The van der Waals surface area contributed by atoms with Gasteiger partial charge in [-0.05, 0) is 23.6 Å². The first-order valence-electron chi connectivity index (χ1n) is 6.47. The molecule has 2 aromatic rings. The summed E-state index contributed by atoms with van der Waals surface area (Å²) in [6.07, 6.45) is 1.76. The van der Waals surface area contributed by atoms with E-state index >= 15 is 0 Å². The minimum absolute atomic E-state index is 0.150. The van der Waals surface area contributed by atoms with Gasteiger partial charge in [0.2, 0.25) is 5.91 Å². The van der Waals surface area contributed by atoms with E-state index < -0.39 is 0 Å². The minimum atomic E-state index is -0.150. The van der Waals surface area contributed by atoms with Gasteiger partial charge in [0.05, 0.1) is 16.4 Å². The molecule has 0 aliphatic heterocycles. The van der Waals surface area contributed by atoms with Gasteiger partial charge in [0.15, 0.2) is 0 Å². The van der Waals surface area contributed by atoms with E-state index in [4.69, 9.17) is 16.9 Å². The molecule has 1 N–H and O–H groups in total. The van der Waals surface area contributed by atoms with Crippen LogP contribution in [0.4, 0.5) is 5.00 Å². The summed E-state index contributed by atoms with van der Waals surface area (Å²) in [4.78, 5) is 15.2. The molecular weight excluding hydrogens is 338 g/mol. The molecule has 0 aromatic carbocycles. The molecule has 0 spiro atoms. The first kappa shape index (κ1) is 16.7. The second-order valence-electron chi connectivity index (χ2n) is 4.49. The van der Waals surface area contributed by atoms with Crippen molar-refractivity contribution in [3.8, 4) is 6.07 Å². The summed E-state index contributed by atoms with van der Waals surface area (Å²) in [6, 6.07) is 7.54. The summed E-state index contributed by atoms with van der Waals surface area (Å²) >= 11 is 8.77. The number of nitrogens with one attached hydrogen (secondary N) is 1. The predicted octanol–water partition coefficient (Wildman–Crippen LogP) is 3.96. The average Bonchev–Trinajstić information content (AvgIpc) is 3.08. The lowest BCUT2D eigenvalue weighted by Crippen LogP contribution is -2.32. The molecule has 0 radical (unpaired) electrons. The van der Waals surface area contributed by atoms with Crippen LogP contribution >= 0.6 is 34.3 Å². The number of anilines is 1. The van der Waals surface area contributed by atoms with E-state index in [1.807, 2.05) is 17.0 Å². The maximum absolute atomic E-state index is 12.1. The molecule has 1 amide bonds. The number of carbonyl (C=O) groups is 1. The van der Waals surface area contributed by atoms with Crippen LogP contribution in [0.5, 0.6) is 0 Å². The molecule has 0 saturated carbocycles. The third-order valence-electron chi connectivity index (χ3n) is 2.80. The monoisotopic (exact) mass is 351 g/mol. The number of thiophene rings is 2. The zero-order valence-electron chi connectivity index (χ0n) is 11.7. The van der Waals surface area contributed by atoms with Gasteiger partial charge in [0, 0.05) is 18.0 Å². The Bertz CT molecular complexity index is 702. The lowest BCUT2D eigenvalue weighted by Gasteiger charge is -2.19. The molecule has 0 atom stereocenters. The van der Waals surface area contributed by atoms with E-state index in [1.165, 1.54) is 22.7 Å². The molecule has 2 aromatic heterocycles. The highest BCUT2D eigenvalue weighted by molar-refractivity contribution is 7.16. The molecule has 7 heteroatoms. The second kappa shape index (κ2) is 8.11. The van der Waals surface area contributed by atoms with Crippen molar-refractivity contribution >= 4 is 45.2 Å². The molecule has 0 unspecified atom stereocenters. The molecule has 114 valence electrons. The third kappa shape index (κ3) is 4.68. The number of rotatable bonds is 7. The second-order valence-corrected chi connectivity index (χ2v) is 7.20. The Morgan fingerprint density at radius 2 is 2.32 bits per heavy atom. The van der Waals surface area contributed by atoms with Crippen molar-refractivity contribution in [3.05, 3.63) is 51.0 Å². The SMILES string of the molecule is C=CCN(CC(=O)Nc1sccc1C#N)Cc1ccc(Cl)s1. The largest absolute Gasteiger partial charge is 0.315 e. The molecule has 2 heterocycles. The van der Waals surface area contributed by atoms with Crippen LogP contribution in [0.15, 0.2) is 36.2 Å². The average molecular weight is 352 g/mol. The van der Waals surface area contributed by atoms with Crippen LogP contribution in [-0.2, 0) is 11.3 Å². The van der Waals surface area contributed by atoms with E-state index in [-0.39, 0.29) is 12.5 Å². The Hall–Kier alpha value is -1.65. The molecule has 4 nitrogen and oxygen atoms in total. The number of hydrogen-bond acceptors (Lipinski definition) is 5. The Balaban J connectivity index is 1.96. The highest BCUT2D eigenvalue weighted by atomic mass is 35.5. The van der Waals surface area contributed by atoms with Crippen LogP contribution < -0.4 is 5.32 Å². The molecule has 0 aliphatic rings. The van der Waals surface area contributed by atoms with Gasteiger partial charge in [-0.1, -0.05) is 17.7 Å². The fourth-order valence-electron chi connectivity index (χ4n) is 1.89. The maximum atomic E-state index is 12.1. The van der Waals surface area contributed by atoms with Crippen LogP contribution in [0.3, 0.4) is 0 Å². The number of halogens is 1. The Labute approximate surface area is 142 Å². The zero-order valence-corrected chi connectivity index (χ0v) is 14.1. The van der Waals surface area contributed by atoms with Crippen molar-refractivity contribution in [2.45, 2.75) is 6.54 Å². The van der Waals surface area contributed by atoms with Gasteiger partial charge >= 0.3 is 0 Å². The van der Waals surface area contributed by atoms with E-state index in [1.54, 1.807) is 17.5 Å². The van der Waals surface area contributed by atoms with Crippen molar-refractivity contribution in [1.82, 2.24) is 4.90 Å². The van der Waals surface area contributed by atoms with Crippen molar-refractivity contribution in [1.29, 1.82) is 5.26 Å².